The van der Waals surface area contributed by atoms with E-state index in [1.807, 2.05) is 58.2 Å². The van der Waals surface area contributed by atoms with E-state index in [9.17, 15) is 4.79 Å². The van der Waals surface area contributed by atoms with Gasteiger partial charge < -0.3 is 18.9 Å². The summed E-state index contributed by atoms with van der Waals surface area (Å²) in [7, 11) is 0. The number of Topliss-reactive ketones (excluding diaryl/α,β-unsaturated/α-hetero) is 1. The first-order chi connectivity index (χ1) is 27.8. The lowest BCUT2D eigenvalue weighted by atomic mass is 9.81. The summed E-state index contributed by atoms with van der Waals surface area (Å²) in [6.45, 7) is 2.44. The third kappa shape index (κ3) is 7.41. The van der Waals surface area contributed by atoms with Crippen LogP contribution in [0.15, 0.2) is 48.8 Å². The zero-order valence-corrected chi connectivity index (χ0v) is 34.9. The first kappa shape index (κ1) is 38.7. The zero-order valence-electron chi connectivity index (χ0n) is 31.9. The largest absolute Gasteiger partial charge is 0.372 e. The summed E-state index contributed by atoms with van der Waals surface area (Å²) in [6.07, 6.45) is 17.2. The molecule has 4 bridgehead atoms. The van der Waals surface area contributed by atoms with Crippen LogP contribution in [0.2, 0.25) is 20.1 Å². The standard InChI is InChI=1S/C23H26Cl2N2O3.C21H22Cl2N2O2/c24-19-2-1-3-20(25)22(19)27-21(18(12-26-27)14-4-5-14)13-28-17-10-15-6-7-16(11-17)23(15)29-8-9-30-23;22-17-2-1-3-18(23)20(17)25-19(16(10-24-25)12-4-5-12)11-27-15-8-13-6-7-14(9-15)21(13)26/h1-3,12,14-17H,4-11,13H2;1-3,10,12-15H,4-9,11H2/t15-,16+,17?;13-,14+,15?. The highest BCUT2D eigenvalue weighted by Gasteiger charge is 2.58. The molecule has 6 aliphatic carbocycles. The fourth-order valence-corrected chi connectivity index (χ4v) is 11.6. The fraction of sp³-hybridized carbons (Fsp3) is 0.568. The molecule has 302 valence electrons. The Morgan fingerprint density at radius 3 is 1.42 bits per heavy atom. The zero-order chi connectivity index (χ0) is 38.8. The summed E-state index contributed by atoms with van der Waals surface area (Å²) in [6, 6.07) is 11.1. The van der Waals surface area contributed by atoms with Crippen LogP contribution < -0.4 is 0 Å². The number of carbonyl (C=O) groups is 1. The number of ketones is 1. The first-order valence-corrected chi connectivity index (χ1v) is 22.4. The van der Waals surface area contributed by atoms with Crippen LogP contribution in [0.5, 0.6) is 0 Å². The van der Waals surface area contributed by atoms with E-state index in [4.69, 9.17) is 65.4 Å². The minimum atomic E-state index is -0.327. The molecule has 0 N–H and O–H groups in total. The minimum absolute atomic E-state index is 0.150. The topological polar surface area (TPSA) is 89.6 Å². The Labute approximate surface area is 353 Å². The maximum absolute atomic E-state index is 12.1. The molecule has 3 heterocycles. The smallest absolute Gasteiger partial charge is 0.174 e. The summed E-state index contributed by atoms with van der Waals surface area (Å²) in [5.41, 5.74) is 6.07. The van der Waals surface area contributed by atoms with Crippen molar-refractivity contribution in [3.8, 4) is 11.4 Å². The molecule has 57 heavy (non-hydrogen) atoms. The van der Waals surface area contributed by atoms with E-state index in [-0.39, 0.29) is 29.8 Å². The number of carbonyl (C=O) groups excluding carboxylic acids is 1. The van der Waals surface area contributed by atoms with Gasteiger partial charge in [0, 0.05) is 23.7 Å². The lowest BCUT2D eigenvalue weighted by Crippen LogP contribution is -2.47. The molecule has 2 unspecified atom stereocenters. The molecule has 7 aliphatic rings. The van der Waals surface area contributed by atoms with E-state index in [0.717, 1.165) is 68.8 Å². The number of halogens is 4. The van der Waals surface area contributed by atoms with E-state index in [1.54, 1.807) is 0 Å². The molecule has 0 radical (unpaired) electrons. The molecule has 2 aromatic carbocycles. The van der Waals surface area contributed by atoms with Gasteiger partial charge in [0.2, 0.25) is 0 Å². The van der Waals surface area contributed by atoms with Gasteiger partial charge in [-0.3, -0.25) is 4.79 Å². The summed E-state index contributed by atoms with van der Waals surface area (Å²) >= 11 is 25.8. The summed E-state index contributed by atoms with van der Waals surface area (Å²) in [4.78, 5) is 12.1. The van der Waals surface area contributed by atoms with Gasteiger partial charge in [0.1, 0.15) is 17.2 Å². The third-order valence-electron chi connectivity index (χ3n) is 13.6. The Morgan fingerprint density at radius 2 is 1.00 bits per heavy atom. The molecular weight excluding hydrogens is 806 g/mol. The number of hydrogen-bond acceptors (Lipinski definition) is 7. The molecule has 11 rings (SSSR count). The molecule has 7 fully saturated rings. The highest BCUT2D eigenvalue weighted by molar-refractivity contribution is 6.38. The number of hydrogen-bond donors (Lipinski definition) is 0. The molecule has 13 heteroatoms. The van der Waals surface area contributed by atoms with Crippen LogP contribution in [0.4, 0.5) is 0 Å². The Balaban J connectivity index is 0.000000140. The van der Waals surface area contributed by atoms with Crippen molar-refractivity contribution in [1.29, 1.82) is 0 Å². The van der Waals surface area contributed by atoms with Gasteiger partial charge in [-0.2, -0.15) is 10.2 Å². The second-order valence-corrected chi connectivity index (χ2v) is 18.8. The molecule has 0 amide bonds. The van der Waals surface area contributed by atoms with Crippen LogP contribution in [-0.4, -0.2) is 56.6 Å². The van der Waals surface area contributed by atoms with Crippen LogP contribution >= 0.6 is 46.4 Å². The Hall–Kier alpha value is -2.47. The molecular formula is C44H48Cl4N4O5. The van der Waals surface area contributed by atoms with Crippen LogP contribution in [0.25, 0.3) is 11.4 Å². The lowest BCUT2D eigenvalue weighted by molar-refractivity contribution is -0.238. The van der Waals surface area contributed by atoms with E-state index < -0.39 is 0 Å². The first-order valence-electron chi connectivity index (χ1n) is 20.8. The normalized spacial score (nSPS) is 28.6. The second kappa shape index (κ2) is 15.9. The van der Waals surface area contributed by atoms with Gasteiger partial charge in [0.25, 0.3) is 0 Å². The van der Waals surface area contributed by atoms with E-state index in [0.29, 0.717) is 68.4 Å². The van der Waals surface area contributed by atoms with Crippen molar-refractivity contribution >= 4 is 52.2 Å². The van der Waals surface area contributed by atoms with Crippen LogP contribution in [0, 0.1) is 23.7 Å². The van der Waals surface area contributed by atoms with Crippen LogP contribution in [0.1, 0.15) is 111 Å². The molecule has 6 atom stereocenters. The Morgan fingerprint density at radius 1 is 0.596 bits per heavy atom. The van der Waals surface area contributed by atoms with Crippen molar-refractivity contribution in [1.82, 2.24) is 19.6 Å². The van der Waals surface area contributed by atoms with E-state index in [1.165, 1.54) is 49.7 Å². The van der Waals surface area contributed by atoms with Crippen molar-refractivity contribution in [2.24, 2.45) is 23.7 Å². The number of aromatic nitrogens is 4. The van der Waals surface area contributed by atoms with Crippen molar-refractivity contribution in [2.45, 2.75) is 120 Å². The molecule has 1 spiro atoms. The predicted molar refractivity (Wildman–Crippen MR) is 219 cm³/mol. The van der Waals surface area contributed by atoms with Gasteiger partial charge in [-0.15, -0.1) is 0 Å². The highest BCUT2D eigenvalue weighted by atomic mass is 35.5. The molecule has 6 saturated carbocycles. The molecule has 1 saturated heterocycles. The Kier molecular flexibility index (Phi) is 10.8. The maximum atomic E-state index is 12.1. The minimum Gasteiger partial charge on any atom is -0.372 e. The SMILES string of the molecule is Clc1cccc(Cl)c1-n1ncc(C2CC2)c1COC1C[C@H]2CC[C@@H](C1)C21OCCO1.O=C1[C@@H]2CC[C@H]1CC(OCc1c(C3CC3)cnn1-c1c(Cl)cccc1Cl)C2. The average Bonchev–Trinajstić information content (AvgIpc) is 4.07. The molecule has 4 aromatic rings. The van der Waals surface area contributed by atoms with Gasteiger partial charge in [-0.25, -0.2) is 9.36 Å². The molecule has 2 aromatic heterocycles. The summed E-state index contributed by atoms with van der Waals surface area (Å²) in [5, 5.41) is 11.6. The third-order valence-corrected chi connectivity index (χ3v) is 14.9. The second-order valence-electron chi connectivity index (χ2n) is 17.2. The predicted octanol–water partition coefficient (Wildman–Crippen LogP) is 10.8. The monoisotopic (exact) mass is 852 g/mol. The van der Waals surface area contributed by atoms with Crippen LogP contribution in [-0.2, 0) is 37.0 Å². The number of ether oxygens (including phenoxy) is 4. The number of fused-ring (bicyclic) bond motifs is 2. The lowest BCUT2D eigenvalue weighted by Gasteiger charge is -2.41. The number of nitrogens with zero attached hydrogens (tertiary/aromatic N) is 4. The Bertz CT molecular complexity index is 2070. The van der Waals surface area contributed by atoms with Gasteiger partial charge in [-0.05, 0) is 124 Å². The van der Waals surface area contributed by atoms with E-state index in [2.05, 4.69) is 10.2 Å². The van der Waals surface area contributed by atoms with Gasteiger partial charge >= 0.3 is 0 Å². The molecule has 1 aliphatic heterocycles. The van der Waals surface area contributed by atoms with Crippen molar-refractivity contribution in [3.63, 3.8) is 0 Å². The van der Waals surface area contributed by atoms with Gasteiger partial charge in [0.15, 0.2) is 5.79 Å². The fourth-order valence-electron chi connectivity index (χ4n) is 10.5. The quantitative estimate of drug-likeness (QED) is 0.157. The van der Waals surface area contributed by atoms with Crippen molar-refractivity contribution in [2.75, 3.05) is 13.2 Å². The van der Waals surface area contributed by atoms with Gasteiger partial charge in [0.05, 0.1) is 82.5 Å². The maximum Gasteiger partial charge on any atom is 0.174 e. The van der Waals surface area contributed by atoms with Crippen molar-refractivity contribution < 1.29 is 23.7 Å². The van der Waals surface area contributed by atoms with Gasteiger partial charge in [-0.1, -0.05) is 58.5 Å². The number of para-hydroxylation sites is 2. The summed E-state index contributed by atoms with van der Waals surface area (Å²) < 4.78 is 28.8. The van der Waals surface area contributed by atoms with E-state index >= 15 is 0 Å². The average molecular weight is 855 g/mol. The van der Waals surface area contributed by atoms with Crippen molar-refractivity contribution in [3.05, 3.63) is 91.4 Å². The highest BCUT2D eigenvalue weighted by Crippen LogP contribution is 2.55. The molecule has 9 nitrogen and oxygen atoms in total. The van der Waals surface area contributed by atoms with Crippen LogP contribution in [0.3, 0.4) is 0 Å². The number of benzene rings is 2. The number of rotatable bonds is 10. The summed E-state index contributed by atoms with van der Waals surface area (Å²) in [5.74, 6) is 2.56.